The Bertz CT molecular complexity index is 652. The molecule has 1 aromatic heterocycles. The van der Waals surface area contributed by atoms with Crippen molar-refractivity contribution in [3.63, 3.8) is 0 Å². The van der Waals surface area contributed by atoms with Crippen LogP contribution in [0.3, 0.4) is 0 Å². The fourth-order valence-corrected chi connectivity index (χ4v) is 2.78. The molecule has 21 heavy (non-hydrogen) atoms. The van der Waals surface area contributed by atoms with Gasteiger partial charge in [0.25, 0.3) is 0 Å². The smallest absolute Gasteiger partial charge is 0.307 e. The Kier molecular flexibility index (Phi) is 4.77. The van der Waals surface area contributed by atoms with E-state index in [-0.39, 0.29) is 5.82 Å². The third-order valence-corrected chi connectivity index (χ3v) is 4.48. The second kappa shape index (κ2) is 6.39. The van der Waals surface area contributed by atoms with Crippen LogP contribution in [0.25, 0.3) is 0 Å². The number of rotatable bonds is 5. The number of nitrogens with zero attached hydrogens (tertiary/aromatic N) is 2. The van der Waals surface area contributed by atoms with Crippen molar-refractivity contribution in [3.8, 4) is 0 Å². The summed E-state index contributed by atoms with van der Waals surface area (Å²) in [6.07, 6.45) is 0.719. The molecule has 0 spiro atoms. The Morgan fingerprint density at radius 2 is 2.00 bits per heavy atom. The van der Waals surface area contributed by atoms with Gasteiger partial charge < -0.3 is 5.11 Å². The van der Waals surface area contributed by atoms with Crippen molar-refractivity contribution >= 4 is 21.9 Å². The molecule has 0 fully saturated rings. The number of aromatic nitrogens is 2. The molecule has 0 aliphatic carbocycles. The van der Waals surface area contributed by atoms with Gasteiger partial charge in [-0.2, -0.15) is 5.10 Å². The van der Waals surface area contributed by atoms with Gasteiger partial charge in [0.15, 0.2) is 0 Å². The molecule has 0 saturated carbocycles. The lowest BCUT2D eigenvalue weighted by Gasteiger charge is -2.13. The normalized spacial score (nSPS) is 12.4. The summed E-state index contributed by atoms with van der Waals surface area (Å²) in [5.74, 6) is -1.78. The molecule has 1 aromatic carbocycles. The highest BCUT2D eigenvalue weighted by atomic mass is 79.9. The third kappa shape index (κ3) is 3.69. The van der Waals surface area contributed by atoms with Crippen LogP contribution in [0, 0.1) is 18.7 Å². The van der Waals surface area contributed by atoms with Crippen molar-refractivity contribution in [2.75, 3.05) is 0 Å². The van der Waals surface area contributed by atoms with E-state index in [1.807, 2.05) is 6.92 Å². The summed E-state index contributed by atoms with van der Waals surface area (Å²) < 4.78 is 15.4. The van der Waals surface area contributed by atoms with Crippen LogP contribution in [0.15, 0.2) is 28.7 Å². The molecule has 1 atom stereocenters. The van der Waals surface area contributed by atoms with E-state index in [0.717, 1.165) is 21.4 Å². The first-order chi connectivity index (χ1) is 9.88. The highest BCUT2D eigenvalue weighted by Gasteiger charge is 2.22. The molecule has 0 radical (unpaired) electrons. The van der Waals surface area contributed by atoms with Gasteiger partial charge in [-0.3, -0.25) is 9.48 Å². The predicted octanol–water partition coefficient (Wildman–Crippen LogP) is 3.12. The molecule has 1 unspecified atom stereocenters. The summed E-state index contributed by atoms with van der Waals surface area (Å²) >= 11 is 3.45. The minimum Gasteiger partial charge on any atom is -0.481 e. The summed E-state index contributed by atoms with van der Waals surface area (Å²) in [6.45, 7) is 1.86. The van der Waals surface area contributed by atoms with Crippen molar-refractivity contribution in [2.45, 2.75) is 19.8 Å². The van der Waals surface area contributed by atoms with Gasteiger partial charge in [-0.05, 0) is 47.0 Å². The maximum atomic E-state index is 12.9. The van der Waals surface area contributed by atoms with Crippen LogP contribution in [0.1, 0.15) is 17.0 Å². The van der Waals surface area contributed by atoms with Gasteiger partial charge in [-0.25, -0.2) is 4.39 Å². The van der Waals surface area contributed by atoms with E-state index < -0.39 is 11.9 Å². The second-order valence-electron chi connectivity index (χ2n) is 5.04. The fraction of sp³-hybridized carbons (Fsp3) is 0.333. The summed E-state index contributed by atoms with van der Waals surface area (Å²) in [5, 5.41) is 13.7. The van der Waals surface area contributed by atoms with Gasteiger partial charge in [0.05, 0.1) is 21.8 Å². The van der Waals surface area contributed by atoms with Gasteiger partial charge >= 0.3 is 5.97 Å². The van der Waals surface area contributed by atoms with Crippen molar-refractivity contribution < 1.29 is 14.3 Å². The minimum atomic E-state index is -0.870. The molecular formula is C15H16BrFN2O2. The topological polar surface area (TPSA) is 55.1 Å². The van der Waals surface area contributed by atoms with E-state index in [9.17, 15) is 14.3 Å². The van der Waals surface area contributed by atoms with Crippen LogP contribution in [0.2, 0.25) is 0 Å². The molecule has 0 aliphatic heterocycles. The average Bonchev–Trinajstić information content (AvgIpc) is 2.66. The number of carbonyl (C=O) groups is 1. The Morgan fingerprint density at radius 1 is 1.38 bits per heavy atom. The molecule has 2 rings (SSSR count). The van der Waals surface area contributed by atoms with E-state index in [4.69, 9.17) is 0 Å². The zero-order valence-electron chi connectivity index (χ0n) is 11.8. The van der Waals surface area contributed by atoms with E-state index >= 15 is 0 Å². The van der Waals surface area contributed by atoms with E-state index in [2.05, 4.69) is 21.0 Å². The first-order valence-electron chi connectivity index (χ1n) is 6.53. The number of carboxylic acid groups (broad SMARTS) is 1. The maximum absolute atomic E-state index is 12.9. The van der Waals surface area contributed by atoms with E-state index in [0.29, 0.717) is 12.8 Å². The fourth-order valence-electron chi connectivity index (χ4n) is 2.29. The lowest BCUT2D eigenvalue weighted by Crippen LogP contribution is -2.20. The second-order valence-corrected chi connectivity index (χ2v) is 5.83. The van der Waals surface area contributed by atoms with Gasteiger partial charge in [0, 0.05) is 13.5 Å². The lowest BCUT2D eigenvalue weighted by atomic mass is 9.94. The summed E-state index contributed by atoms with van der Waals surface area (Å²) in [7, 11) is 1.80. The quantitative estimate of drug-likeness (QED) is 0.897. The molecular weight excluding hydrogens is 339 g/mol. The highest BCUT2D eigenvalue weighted by molar-refractivity contribution is 9.10. The number of hydrogen-bond acceptors (Lipinski definition) is 2. The molecule has 112 valence electrons. The van der Waals surface area contributed by atoms with Crippen LogP contribution in [-0.4, -0.2) is 20.9 Å². The number of aryl methyl sites for hydroxylation is 2. The predicted molar refractivity (Wildman–Crippen MR) is 80.6 cm³/mol. The molecule has 0 aliphatic rings. The summed E-state index contributed by atoms with van der Waals surface area (Å²) in [5.41, 5.74) is 2.49. The summed E-state index contributed by atoms with van der Waals surface area (Å²) in [6, 6.07) is 5.93. The number of benzene rings is 1. The zero-order valence-corrected chi connectivity index (χ0v) is 13.4. The van der Waals surface area contributed by atoms with Crippen LogP contribution in [0.4, 0.5) is 4.39 Å². The van der Waals surface area contributed by atoms with Gasteiger partial charge in [0.2, 0.25) is 0 Å². The first kappa shape index (κ1) is 15.7. The molecule has 2 aromatic rings. The minimum absolute atomic E-state index is 0.323. The molecule has 4 nitrogen and oxygen atoms in total. The summed E-state index contributed by atoms with van der Waals surface area (Å²) in [4.78, 5) is 11.5. The Labute approximate surface area is 130 Å². The van der Waals surface area contributed by atoms with Crippen LogP contribution >= 0.6 is 15.9 Å². The van der Waals surface area contributed by atoms with Gasteiger partial charge in [-0.1, -0.05) is 12.1 Å². The Balaban J connectivity index is 2.20. The highest BCUT2D eigenvalue weighted by Crippen LogP contribution is 2.24. The molecule has 6 heteroatoms. The Hall–Kier alpha value is -1.69. The van der Waals surface area contributed by atoms with E-state index in [1.165, 1.54) is 12.1 Å². The molecule has 1 N–H and O–H groups in total. The number of carboxylic acids is 1. The first-order valence-corrected chi connectivity index (χ1v) is 7.33. The number of hydrogen-bond donors (Lipinski definition) is 1. The van der Waals surface area contributed by atoms with E-state index in [1.54, 1.807) is 23.9 Å². The van der Waals surface area contributed by atoms with Crippen molar-refractivity contribution in [2.24, 2.45) is 13.0 Å². The lowest BCUT2D eigenvalue weighted by molar-refractivity contribution is -0.141. The zero-order chi connectivity index (χ0) is 15.6. The monoisotopic (exact) mass is 354 g/mol. The average molecular weight is 355 g/mol. The van der Waals surface area contributed by atoms with Gasteiger partial charge in [-0.15, -0.1) is 0 Å². The molecule has 1 heterocycles. The third-order valence-electron chi connectivity index (χ3n) is 3.45. The number of halogens is 2. The van der Waals surface area contributed by atoms with Crippen molar-refractivity contribution in [1.82, 2.24) is 9.78 Å². The largest absolute Gasteiger partial charge is 0.481 e. The van der Waals surface area contributed by atoms with Crippen LogP contribution < -0.4 is 0 Å². The van der Waals surface area contributed by atoms with Crippen molar-refractivity contribution in [1.29, 1.82) is 0 Å². The maximum Gasteiger partial charge on any atom is 0.307 e. The standard InChI is InChI=1S/C15H16BrFN2O2/c1-9-14(16)13(19(2)18-9)8-11(15(20)21)7-10-3-5-12(17)6-4-10/h3-6,11H,7-8H2,1-2H3,(H,20,21). The Morgan fingerprint density at radius 3 is 2.48 bits per heavy atom. The number of aliphatic carboxylic acids is 1. The van der Waals surface area contributed by atoms with Crippen LogP contribution in [-0.2, 0) is 24.7 Å². The van der Waals surface area contributed by atoms with Gasteiger partial charge in [0.1, 0.15) is 5.82 Å². The molecule has 0 bridgehead atoms. The molecule has 0 saturated heterocycles. The van der Waals surface area contributed by atoms with Crippen LogP contribution in [0.5, 0.6) is 0 Å². The van der Waals surface area contributed by atoms with Crippen molar-refractivity contribution in [3.05, 3.63) is 51.5 Å². The SMILES string of the molecule is Cc1nn(C)c(CC(Cc2ccc(F)cc2)C(=O)O)c1Br. The molecule has 0 amide bonds.